The molecule has 0 aliphatic carbocycles. The van der Waals surface area contributed by atoms with Gasteiger partial charge in [-0.2, -0.15) is 0 Å². The van der Waals surface area contributed by atoms with Gasteiger partial charge in [-0.1, -0.05) is 18.2 Å². The van der Waals surface area contributed by atoms with Crippen molar-refractivity contribution in [1.82, 2.24) is 10.2 Å². The molecule has 4 heteroatoms. The highest BCUT2D eigenvalue weighted by atomic mass is 32.2. The van der Waals surface area contributed by atoms with Gasteiger partial charge in [-0.05, 0) is 30.9 Å². The van der Waals surface area contributed by atoms with Crippen molar-refractivity contribution in [1.29, 1.82) is 0 Å². The number of nitrogens with one attached hydrogen (secondary N) is 1. The summed E-state index contributed by atoms with van der Waals surface area (Å²) >= 11 is 1.96. The van der Waals surface area contributed by atoms with Crippen molar-refractivity contribution in [3.63, 3.8) is 0 Å². The van der Waals surface area contributed by atoms with Crippen LogP contribution in [0.1, 0.15) is 24.8 Å². The number of nitrogens with zero attached hydrogens (tertiary/aromatic N) is 1. The van der Waals surface area contributed by atoms with Crippen LogP contribution in [-0.2, 0) is 11.2 Å². The van der Waals surface area contributed by atoms with Gasteiger partial charge in [0.25, 0.3) is 0 Å². The van der Waals surface area contributed by atoms with Gasteiger partial charge >= 0.3 is 0 Å². The second kappa shape index (κ2) is 6.64. The Kier molecular flexibility index (Phi) is 4.63. The van der Waals surface area contributed by atoms with Crippen molar-refractivity contribution in [2.75, 3.05) is 26.2 Å². The highest BCUT2D eigenvalue weighted by Gasteiger charge is 2.21. The van der Waals surface area contributed by atoms with E-state index in [9.17, 15) is 4.79 Å². The zero-order valence-electron chi connectivity index (χ0n) is 11.8. The number of carbonyl (C=O) groups excluding carboxylic acids is 1. The first kappa shape index (κ1) is 14.0. The smallest absolute Gasteiger partial charge is 0.223 e. The number of benzene rings is 1. The number of hydrogen-bond donors (Lipinski definition) is 1. The molecule has 108 valence electrons. The lowest BCUT2D eigenvalue weighted by molar-refractivity contribution is -0.130. The molecule has 1 unspecified atom stereocenters. The molecule has 0 bridgehead atoms. The van der Waals surface area contributed by atoms with Crippen molar-refractivity contribution in [3.05, 3.63) is 29.8 Å². The van der Waals surface area contributed by atoms with Crippen LogP contribution < -0.4 is 5.32 Å². The molecule has 3 rings (SSSR count). The summed E-state index contributed by atoms with van der Waals surface area (Å²) in [5, 5.41) is 4.07. The molecule has 1 N–H and O–H groups in total. The Morgan fingerprint density at radius 2 is 2.10 bits per heavy atom. The minimum atomic E-state index is 0.317. The molecule has 20 heavy (non-hydrogen) atoms. The average molecular weight is 290 g/mol. The molecule has 1 aromatic rings. The lowest BCUT2D eigenvalue weighted by Gasteiger charge is -2.16. The van der Waals surface area contributed by atoms with Gasteiger partial charge in [-0.25, -0.2) is 0 Å². The van der Waals surface area contributed by atoms with Gasteiger partial charge in [0.05, 0.1) is 0 Å². The van der Waals surface area contributed by atoms with Crippen LogP contribution in [0.4, 0.5) is 0 Å². The Labute approximate surface area is 125 Å². The number of amides is 1. The van der Waals surface area contributed by atoms with Crippen LogP contribution >= 0.6 is 11.8 Å². The van der Waals surface area contributed by atoms with E-state index in [-0.39, 0.29) is 0 Å². The van der Waals surface area contributed by atoms with Crippen LogP contribution in [-0.4, -0.2) is 42.2 Å². The number of thioether (sulfide) groups is 1. The first-order valence-electron chi connectivity index (χ1n) is 7.56. The van der Waals surface area contributed by atoms with Gasteiger partial charge in [-0.15, -0.1) is 11.8 Å². The van der Waals surface area contributed by atoms with E-state index in [4.69, 9.17) is 0 Å². The van der Waals surface area contributed by atoms with E-state index in [1.54, 1.807) is 0 Å². The van der Waals surface area contributed by atoms with Crippen molar-refractivity contribution in [2.24, 2.45) is 0 Å². The van der Waals surface area contributed by atoms with Crippen molar-refractivity contribution >= 4 is 17.7 Å². The average Bonchev–Trinajstić information content (AvgIpc) is 3.11. The summed E-state index contributed by atoms with van der Waals surface area (Å²) in [6, 6.07) is 8.65. The second-order valence-corrected chi connectivity index (χ2v) is 6.94. The van der Waals surface area contributed by atoms with Gasteiger partial charge in [-0.3, -0.25) is 4.79 Å². The SMILES string of the molecule is O=C(CCNCC1Cc2ccccc2S1)N1CCCC1. The fourth-order valence-electron chi connectivity index (χ4n) is 2.95. The molecule has 3 nitrogen and oxygen atoms in total. The zero-order chi connectivity index (χ0) is 13.8. The topological polar surface area (TPSA) is 32.3 Å². The fourth-order valence-corrected chi connectivity index (χ4v) is 4.23. The first-order chi connectivity index (χ1) is 9.83. The number of rotatable bonds is 5. The molecule has 1 saturated heterocycles. The van der Waals surface area contributed by atoms with E-state index in [2.05, 4.69) is 29.6 Å². The summed E-state index contributed by atoms with van der Waals surface area (Å²) in [6.07, 6.45) is 4.14. The lowest BCUT2D eigenvalue weighted by atomic mass is 10.1. The Morgan fingerprint density at radius 1 is 1.30 bits per heavy atom. The van der Waals surface area contributed by atoms with Crippen molar-refractivity contribution in [3.8, 4) is 0 Å². The number of fused-ring (bicyclic) bond motifs is 1. The number of carbonyl (C=O) groups is 1. The standard InChI is InChI=1S/C16H22N2OS/c19-16(18-9-3-4-10-18)7-8-17-12-14-11-13-5-1-2-6-15(13)20-14/h1-2,5-6,14,17H,3-4,7-12H2. The van der Waals surface area contributed by atoms with Crippen LogP contribution in [0, 0.1) is 0 Å². The molecule has 0 spiro atoms. The summed E-state index contributed by atoms with van der Waals surface area (Å²) in [7, 11) is 0. The molecule has 1 amide bonds. The Morgan fingerprint density at radius 3 is 2.90 bits per heavy atom. The highest BCUT2D eigenvalue weighted by Crippen LogP contribution is 2.36. The monoisotopic (exact) mass is 290 g/mol. The molecule has 1 fully saturated rings. The maximum atomic E-state index is 11.9. The summed E-state index contributed by atoms with van der Waals surface area (Å²) in [4.78, 5) is 15.3. The third-order valence-electron chi connectivity index (χ3n) is 4.06. The van der Waals surface area contributed by atoms with Gasteiger partial charge in [0.15, 0.2) is 0 Å². The third kappa shape index (κ3) is 3.36. The molecule has 1 atom stereocenters. The quantitative estimate of drug-likeness (QED) is 0.845. The largest absolute Gasteiger partial charge is 0.343 e. The predicted molar refractivity (Wildman–Crippen MR) is 83.1 cm³/mol. The van der Waals surface area contributed by atoms with E-state index in [1.165, 1.54) is 23.3 Å². The summed E-state index contributed by atoms with van der Waals surface area (Å²) in [5.41, 5.74) is 1.47. The molecular weight excluding hydrogens is 268 g/mol. The molecule has 2 heterocycles. The van der Waals surface area contributed by atoms with Gasteiger partial charge in [0.2, 0.25) is 5.91 Å². The van der Waals surface area contributed by atoms with E-state index in [0.717, 1.165) is 32.6 Å². The summed E-state index contributed by atoms with van der Waals surface area (Å²) in [5.74, 6) is 0.317. The van der Waals surface area contributed by atoms with E-state index >= 15 is 0 Å². The van der Waals surface area contributed by atoms with Crippen molar-refractivity contribution < 1.29 is 4.79 Å². The predicted octanol–water partition coefficient (Wildman–Crippen LogP) is 2.31. The van der Waals surface area contributed by atoms with Gasteiger partial charge < -0.3 is 10.2 Å². The second-order valence-electron chi connectivity index (χ2n) is 5.59. The zero-order valence-corrected chi connectivity index (χ0v) is 12.6. The van der Waals surface area contributed by atoms with Gasteiger partial charge in [0.1, 0.15) is 0 Å². The van der Waals surface area contributed by atoms with Crippen LogP contribution in [0.15, 0.2) is 29.2 Å². The maximum Gasteiger partial charge on any atom is 0.223 e. The molecule has 1 aromatic carbocycles. The molecule has 2 aliphatic rings. The third-order valence-corrected chi connectivity index (χ3v) is 5.38. The van der Waals surface area contributed by atoms with Crippen molar-refractivity contribution in [2.45, 2.75) is 35.8 Å². The first-order valence-corrected chi connectivity index (χ1v) is 8.44. The Bertz CT molecular complexity index is 446. The summed E-state index contributed by atoms with van der Waals surface area (Å²) < 4.78 is 0. The molecule has 0 aromatic heterocycles. The van der Waals surface area contributed by atoms with E-state index in [1.807, 2.05) is 16.7 Å². The van der Waals surface area contributed by atoms with Crippen LogP contribution in [0.5, 0.6) is 0 Å². The van der Waals surface area contributed by atoms with Crippen LogP contribution in [0.25, 0.3) is 0 Å². The lowest BCUT2D eigenvalue weighted by Crippen LogP contribution is -2.32. The summed E-state index contributed by atoms with van der Waals surface area (Å²) in [6.45, 7) is 3.73. The van der Waals surface area contributed by atoms with Gasteiger partial charge in [0, 0.05) is 42.7 Å². The Balaban J connectivity index is 1.34. The van der Waals surface area contributed by atoms with E-state index < -0.39 is 0 Å². The molecular formula is C16H22N2OS. The fraction of sp³-hybridized carbons (Fsp3) is 0.562. The Hall–Kier alpha value is -1.00. The molecule has 2 aliphatic heterocycles. The normalized spacial score (nSPS) is 21.2. The minimum Gasteiger partial charge on any atom is -0.343 e. The van der Waals surface area contributed by atoms with Crippen LogP contribution in [0.3, 0.4) is 0 Å². The highest BCUT2D eigenvalue weighted by molar-refractivity contribution is 8.00. The molecule has 0 saturated carbocycles. The minimum absolute atomic E-state index is 0.317. The number of hydrogen-bond acceptors (Lipinski definition) is 3. The molecule has 0 radical (unpaired) electrons. The van der Waals surface area contributed by atoms with E-state index in [0.29, 0.717) is 17.6 Å². The maximum absolute atomic E-state index is 11.9. The number of likely N-dealkylation sites (tertiary alicyclic amines) is 1. The van der Waals surface area contributed by atoms with Crippen LogP contribution in [0.2, 0.25) is 0 Å².